The number of rotatable bonds is 9. The van der Waals surface area contributed by atoms with E-state index in [1.807, 2.05) is 42.5 Å². The van der Waals surface area contributed by atoms with Crippen LogP contribution in [-0.4, -0.2) is 44.6 Å². The molecule has 3 rings (SSSR count). The molecule has 1 aliphatic heterocycles. The van der Waals surface area contributed by atoms with Gasteiger partial charge in [-0.1, -0.05) is 55.8 Å². The van der Waals surface area contributed by atoms with Gasteiger partial charge in [-0.05, 0) is 29.7 Å². The number of nitrogens with one attached hydrogen (secondary N) is 1. The molecule has 2 aromatic carbocycles. The number of aliphatic hydroxyl groups is 1. The van der Waals surface area contributed by atoms with Crippen molar-refractivity contribution in [3.8, 4) is 5.75 Å². The summed E-state index contributed by atoms with van der Waals surface area (Å²) < 4.78 is 11.2. The van der Waals surface area contributed by atoms with Crippen LogP contribution >= 0.6 is 0 Å². The van der Waals surface area contributed by atoms with Gasteiger partial charge in [0, 0.05) is 0 Å². The Hall–Kier alpha value is -1.88. The molecule has 0 bridgehead atoms. The van der Waals surface area contributed by atoms with Gasteiger partial charge in [-0.25, -0.2) is 0 Å². The van der Waals surface area contributed by atoms with Gasteiger partial charge in [-0.15, -0.1) is 0 Å². The van der Waals surface area contributed by atoms with Gasteiger partial charge in [0.1, 0.15) is 18.8 Å². The first-order chi connectivity index (χ1) is 13.3. The lowest BCUT2D eigenvalue weighted by atomic mass is 9.88. The zero-order chi connectivity index (χ0) is 18.9. The molecule has 27 heavy (non-hydrogen) atoms. The molecular weight excluding hydrogens is 338 g/mol. The quantitative estimate of drug-likeness (QED) is 0.667. The first kappa shape index (κ1) is 19.9. The van der Waals surface area contributed by atoms with Crippen molar-refractivity contribution in [2.24, 2.45) is 0 Å². The van der Waals surface area contributed by atoms with Crippen LogP contribution in [0.2, 0.25) is 0 Å². The molecule has 0 spiro atoms. The number of benzene rings is 2. The van der Waals surface area contributed by atoms with Gasteiger partial charge in [-0.2, -0.15) is 0 Å². The van der Waals surface area contributed by atoms with E-state index in [4.69, 9.17) is 9.47 Å². The summed E-state index contributed by atoms with van der Waals surface area (Å²) in [4.78, 5) is 1.49. The monoisotopic (exact) mass is 370 g/mol. The maximum atomic E-state index is 11.2. The fourth-order valence-electron chi connectivity index (χ4n) is 3.62. The third kappa shape index (κ3) is 5.80. The van der Waals surface area contributed by atoms with E-state index in [2.05, 4.69) is 19.1 Å². The molecule has 2 N–H and O–H groups in total. The number of ether oxygens (including phenoxy) is 2. The number of aliphatic hydroxyl groups excluding tert-OH is 1. The van der Waals surface area contributed by atoms with Crippen LogP contribution in [0.3, 0.4) is 0 Å². The number of morpholine rings is 1. The first-order valence-electron chi connectivity index (χ1n) is 10.1. The zero-order valence-corrected chi connectivity index (χ0v) is 16.3. The van der Waals surface area contributed by atoms with Crippen molar-refractivity contribution in [3.63, 3.8) is 0 Å². The lowest BCUT2D eigenvalue weighted by molar-refractivity contribution is -0.909. The van der Waals surface area contributed by atoms with Crippen molar-refractivity contribution in [3.05, 3.63) is 65.7 Å². The minimum atomic E-state index is -0.535. The summed E-state index contributed by atoms with van der Waals surface area (Å²) in [5, 5.41) is 11.2. The summed E-state index contributed by atoms with van der Waals surface area (Å²) in [6.45, 7) is 7.41. The summed E-state index contributed by atoms with van der Waals surface area (Å²) >= 11 is 0. The second-order valence-corrected chi connectivity index (χ2v) is 7.30. The normalized spacial score (nSPS) is 17.4. The highest BCUT2D eigenvalue weighted by atomic mass is 16.5. The van der Waals surface area contributed by atoms with Crippen molar-refractivity contribution in [1.29, 1.82) is 0 Å². The van der Waals surface area contributed by atoms with E-state index in [1.54, 1.807) is 0 Å². The molecular formula is C23H32NO3+. The van der Waals surface area contributed by atoms with Crippen molar-refractivity contribution < 1.29 is 19.5 Å². The van der Waals surface area contributed by atoms with Crippen molar-refractivity contribution in [1.82, 2.24) is 0 Å². The summed E-state index contributed by atoms with van der Waals surface area (Å²) in [7, 11) is 0. The molecule has 146 valence electrons. The fraction of sp³-hybridized carbons (Fsp3) is 0.478. The molecule has 0 amide bonds. The molecule has 0 aliphatic carbocycles. The topological polar surface area (TPSA) is 43.1 Å². The Labute approximate surface area is 162 Å². The maximum Gasteiger partial charge on any atom is 0.119 e. The lowest BCUT2D eigenvalue weighted by Gasteiger charge is -2.30. The Balaban J connectivity index is 1.72. The van der Waals surface area contributed by atoms with Crippen LogP contribution < -0.4 is 9.64 Å². The number of unbranched alkanes of at least 4 members (excludes halogenated alkanes) is 1. The van der Waals surface area contributed by atoms with Crippen molar-refractivity contribution in [2.45, 2.75) is 31.8 Å². The van der Waals surface area contributed by atoms with Gasteiger partial charge in [0.25, 0.3) is 0 Å². The molecule has 1 saturated heterocycles. The summed E-state index contributed by atoms with van der Waals surface area (Å²) in [6.07, 6.45) is 1.65. The standard InChI is InChI=1S/C23H31NO3/c1-2-3-15-27-21-11-9-20(10-12-21)23(25)22(19-7-5-4-6-8-19)18-24-13-16-26-17-14-24/h4-12,22-23,25H,2-3,13-18H2,1H3/p+1/t22-,23+/m0/s1. The molecule has 1 aliphatic rings. The number of hydrogen-bond donors (Lipinski definition) is 2. The summed E-state index contributed by atoms with van der Waals surface area (Å²) in [6, 6.07) is 18.3. The van der Waals surface area contributed by atoms with E-state index in [-0.39, 0.29) is 5.92 Å². The molecule has 1 fully saturated rings. The summed E-state index contributed by atoms with van der Waals surface area (Å²) in [5.74, 6) is 0.931. The molecule has 0 saturated carbocycles. The lowest BCUT2D eigenvalue weighted by Crippen LogP contribution is -3.14. The van der Waals surface area contributed by atoms with Gasteiger partial charge in [0.05, 0.1) is 38.4 Å². The molecule has 0 radical (unpaired) electrons. The third-order valence-electron chi connectivity index (χ3n) is 5.31. The molecule has 2 aromatic rings. The van der Waals surface area contributed by atoms with E-state index >= 15 is 0 Å². The average Bonchev–Trinajstić information content (AvgIpc) is 2.74. The number of quaternary nitrogens is 1. The first-order valence-corrected chi connectivity index (χ1v) is 10.1. The zero-order valence-electron chi connectivity index (χ0n) is 16.3. The third-order valence-corrected chi connectivity index (χ3v) is 5.31. The van der Waals surface area contributed by atoms with Crippen LogP contribution in [0.15, 0.2) is 54.6 Å². The highest BCUT2D eigenvalue weighted by molar-refractivity contribution is 5.31. The van der Waals surface area contributed by atoms with Crippen LogP contribution in [0.25, 0.3) is 0 Å². The van der Waals surface area contributed by atoms with E-state index in [0.29, 0.717) is 0 Å². The van der Waals surface area contributed by atoms with E-state index in [0.717, 1.165) is 63.6 Å². The van der Waals surface area contributed by atoms with Crippen molar-refractivity contribution in [2.75, 3.05) is 39.5 Å². The molecule has 1 heterocycles. The Kier molecular flexibility index (Phi) is 7.69. The molecule has 2 atom stereocenters. The van der Waals surface area contributed by atoms with E-state index in [9.17, 15) is 5.11 Å². The van der Waals surface area contributed by atoms with Crippen LogP contribution in [0.5, 0.6) is 5.75 Å². The van der Waals surface area contributed by atoms with E-state index in [1.165, 1.54) is 10.5 Å². The highest BCUT2D eigenvalue weighted by Crippen LogP contribution is 2.31. The minimum absolute atomic E-state index is 0.0613. The Bertz CT molecular complexity index is 653. The largest absolute Gasteiger partial charge is 0.494 e. The van der Waals surface area contributed by atoms with E-state index < -0.39 is 6.10 Å². The predicted octanol–water partition coefficient (Wildman–Crippen LogP) is 2.60. The van der Waals surface area contributed by atoms with Crippen LogP contribution in [-0.2, 0) is 4.74 Å². The molecule has 4 heteroatoms. The van der Waals surface area contributed by atoms with Crippen LogP contribution in [0.4, 0.5) is 0 Å². The van der Waals surface area contributed by atoms with Crippen LogP contribution in [0, 0.1) is 0 Å². The maximum absolute atomic E-state index is 11.2. The summed E-state index contributed by atoms with van der Waals surface area (Å²) in [5.41, 5.74) is 2.13. The Morgan fingerprint density at radius 1 is 1.00 bits per heavy atom. The Morgan fingerprint density at radius 3 is 2.37 bits per heavy atom. The second-order valence-electron chi connectivity index (χ2n) is 7.30. The van der Waals surface area contributed by atoms with Gasteiger partial charge in [-0.3, -0.25) is 0 Å². The minimum Gasteiger partial charge on any atom is -0.494 e. The number of hydrogen-bond acceptors (Lipinski definition) is 3. The second kappa shape index (κ2) is 10.5. The Morgan fingerprint density at radius 2 is 1.70 bits per heavy atom. The molecule has 0 aromatic heterocycles. The molecule has 0 unspecified atom stereocenters. The van der Waals surface area contributed by atoms with Gasteiger partial charge < -0.3 is 19.5 Å². The predicted molar refractivity (Wildman–Crippen MR) is 107 cm³/mol. The van der Waals surface area contributed by atoms with Crippen molar-refractivity contribution >= 4 is 0 Å². The highest BCUT2D eigenvalue weighted by Gasteiger charge is 2.28. The van der Waals surface area contributed by atoms with Gasteiger partial charge in [0.2, 0.25) is 0 Å². The van der Waals surface area contributed by atoms with Crippen LogP contribution in [0.1, 0.15) is 42.9 Å². The fourth-order valence-corrected chi connectivity index (χ4v) is 3.62. The SMILES string of the molecule is CCCCOc1ccc([C@@H](O)[C@@H](C[NH+]2CCOCC2)c2ccccc2)cc1. The average molecular weight is 371 g/mol. The van der Waals surface area contributed by atoms with Gasteiger partial charge >= 0.3 is 0 Å². The smallest absolute Gasteiger partial charge is 0.119 e. The molecule has 4 nitrogen and oxygen atoms in total. The van der Waals surface area contributed by atoms with Gasteiger partial charge in [0.15, 0.2) is 0 Å².